The van der Waals surface area contributed by atoms with Gasteiger partial charge in [-0.3, -0.25) is 0 Å². The molecule has 0 bridgehead atoms. The van der Waals surface area contributed by atoms with Crippen LogP contribution in [0.5, 0.6) is 0 Å². The fourth-order valence-electron chi connectivity index (χ4n) is 8.03. The number of thiophene rings is 1. The van der Waals surface area contributed by atoms with E-state index in [2.05, 4.69) is 181 Å². The summed E-state index contributed by atoms with van der Waals surface area (Å²) >= 11 is 1.84. The lowest BCUT2D eigenvalue weighted by Gasteiger charge is -2.27. The molecule has 0 aliphatic rings. The molecule has 9 aromatic carbocycles. The first kappa shape index (κ1) is 28.4. The minimum atomic E-state index is 0.926. The summed E-state index contributed by atoms with van der Waals surface area (Å²) < 4.78 is 9.20. The maximum Gasteiger partial charge on any atom is 0.144 e. The highest BCUT2D eigenvalue weighted by atomic mass is 32.1. The van der Waals surface area contributed by atoms with Crippen molar-refractivity contribution in [2.45, 2.75) is 0 Å². The van der Waals surface area contributed by atoms with E-state index in [0.717, 1.165) is 33.6 Å². The number of rotatable bonds is 4. The number of hydrogen-bond donors (Lipinski definition) is 0. The maximum atomic E-state index is 6.74. The van der Waals surface area contributed by atoms with E-state index < -0.39 is 0 Å². The average molecular weight is 668 g/mol. The van der Waals surface area contributed by atoms with Gasteiger partial charge in [0.2, 0.25) is 0 Å². The van der Waals surface area contributed by atoms with Crippen molar-refractivity contribution in [3.63, 3.8) is 0 Å². The molecule has 0 unspecified atom stereocenters. The molecular formula is C48H29NOS. The zero-order valence-corrected chi connectivity index (χ0v) is 28.3. The van der Waals surface area contributed by atoms with E-state index in [-0.39, 0.29) is 0 Å². The van der Waals surface area contributed by atoms with E-state index in [1.807, 2.05) is 11.3 Å². The largest absolute Gasteiger partial charge is 0.455 e. The Labute approximate surface area is 298 Å². The van der Waals surface area contributed by atoms with E-state index in [9.17, 15) is 0 Å². The first-order chi connectivity index (χ1) is 25.3. The minimum absolute atomic E-state index is 0.926. The first-order valence-corrected chi connectivity index (χ1v) is 18.2. The Morgan fingerprint density at radius 3 is 1.92 bits per heavy atom. The number of hydrogen-bond acceptors (Lipinski definition) is 3. The Balaban J connectivity index is 1.14. The van der Waals surface area contributed by atoms with E-state index >= 15 is 0 Å². The topological polar surface area (TPSA) is 16.4 Å². The minimum Gasteiger partial charge on any atom is -0.455 e. The number of fused-ring (bicyclic) bond motifs is 11. The van der Waals surface area contributed by atoms with Gasteiger partial charge in [0, 0.05) is 37.3 Å². The Kier molecular flexibility index (Phi) is 6.16. The van der Waals surface area contributed by atoms with Gasteiger partial charge in [-0.2, -0.15) is 0 Å². The van der Waals surface area contributed by atoms with Crippen LogP contribution in [0.4, 0.5) is 17.1 Å². The zero-order chi connectivity index (χ0) is 33.5. The Morgan fingerprint density at radius 2 is 1.06 bits per heavy atom. The van der Waals surface area contributed by atoms with E-state index in [0.29, 0.717) is 0 Å². The fraction of sp³-hybridized carbons (Fsp3) is 0. The summed E-state index contributed by atoms with van der Waals surface area (Å²) in [6.45, 7) is 0. The van der Waals surface area contributed by atoms with Crippen molar-refractivity contribution in [2.75, 3.05) is 4.90 Å². The monoisotopic (exact) mass is 667 g/mol. The number of benzene rings is 9. The molecule has 0 fully saturated rings. The fourth-order valence-corrected chi connectivity index (χ4v) is 9.23. The molecule has 0 aliphatic heterocycles. The average Bonchev–Trinajstić information content (AvgIpc) is 3.77. The van der Waals surface area contributed by atoms with Crippen LogP contribution in [-0.4, -0.2) is 0 Å². The summed E-state index contributed by atoms with van der Waals surface area (Å²) in [5, 5.41) is 12.1. The van der Waals surface area contributed by atoms with E-state index in [1.54, 1.807) is 0 Å². The SMILES string of the molecule is c1ccc2cc(-c3ccc(N(c4cccc5ccccc45)c4cccc5c4sc4ccc6c(oc7ccc8ccccc8c76)c45)cc3)ccc2c1. The second-order valence-electron chi connectivity index (χ2n) is 13.3. The summed E-state index contributed by atoms with van der Waals surface area (Å²) in [6, 6.07) is 63.7. The Hall–Kier alpha value is -6.42. The number of anilines is 3. The predicted octanol–water partition coefficient (Wildman–Crippen LogP) is 14.6. The summed E-state index contributed by atoms with van der Waals surface area (Å²) in [5.41, 5.74) is 7.71. The zero-order valence-electron chi connectivity index (χ0n) is 27.5. The van der Waals surface area contributed by atoms with Crippen LogP contribution in [0.3, 0.4) is 0 Å². The smallest absolute Gasteiger partial charge is 0.144 e. The second-order valence-corrected chi connectivity index (χ2v) is 14.3. The lowest BCUT2D eigenvalue weighted by atomic mass is 10.0. The Morgan fingerprint density at radius 1 is 0.412 bits per heavy atom. The third kappa shape index (κ3) is 4.35. The molecule has 2 nitrogen and oxygen atoms in total. The molecule has 0 saturated heterocycles. The van der Waals surface area contributed by atoms with Crippen LogP contribution in [0.2, 0.25) is 0 Å². The van der Waals surface area contributed by atoms with Gasteiger partial charge < -0.3 is 9.32 Å². The number of furan rings is 1. The van der Waals surface area contributed by atoms with Crippen LogP contribution in [0.15, 0.2) is 180 Å². The van der Waals surface area contributed by atoms with Gasteiger partial charge in [0.25, 0.3) is 0 Å². The lowest BCUT2D eigenvalue weighted by Crippen LogP contribution is -2.10. The van der Waals surface area contributed by atoms with Gasteiger partial charge in [-0.25, -0.2) is 0 Å². The van der Waals surface area contributed by atoms with Gasteiger partial charge in [0.1, 0.15) is 11.2 Å². The molecule has 0 aliphatic carbocycles. The van der Waals surface area contributed by atoms with Crippen molar-refractivity contribution in [3.05, 3.63) is 176 Å². The summed E-state index contributed by atoms with van der Waals surface area (Å²) in [6.07, 6.45) is 0. The molecule has 0 atom stereocenters. The number of nitrogens with zero attached hydrogens (tertiary/aromatic N) is 1. The molecule has 2 aromatic heterocycles. The van der Waals surface area contributed by atoms with Gasteiger partial charge in [0.15, 0.2) is 0 Å². The summed E-state index contributed by atoms with van der Waals surface area (Å²) in [4.78, 5) is 2.44. The second kappa shape index (κ2) is 11.0. The molecule has 0 saturated carbocycles. The molecule has 238 valence electrons. The van der Waals surface area contributed by atoms with Gasteiger partial charge in [-0.1, -0.05) is 127 Å². The summed E-state index contributed by atoms with van der Waals surface area (Å²) in [7, 11) is 0. The van der Waals surface area contributed by atoms with Gasteiger partial charge >= 0.3 is 0 Å². The Bertz CT molecular complexity index is 3140. The summed E-state index contributed by atoms with van der Waals surface area (Å²) in [5.74, 6) is 0. The van der Waals surface area contributed by atoms with Crippen molar-refractivity contribution in [2.24, 2.45) is 0 Å². The van der Waals surface area contributed by atoms with Crippen molar-refractivity contribution >= 4 is 103 Å². The van der Waals surface area contributed by atoms with Crippen LogP contribution < -0.4 is 4.90 Å². The van der Waals surface area contributed by atoms with Crippen LogP contribution >= 0.6 is 11.3 Å². The van der Waals surface area contributed by atoms with Crippen LogP contribution in [0.25, 0.3) is 85.6 Å². The molecule has 2 heterocycles. The predicted molar refractivity (Wildman–Crippen MR) is 219 cm³/mol. The van der Waals surface area contributed by atoms with Gasteiger partial charge in [-0.05, 0) is 86.6 Å². The van der Waals surface area contributed by atoms with E-state index in [4.69, 9.17) is 4.42 Å². The molecule has 0 spiro atoms. The lowest BCUT2D eigenvalue weighted by molar-refractivity contribution is 0.673. The van der Waals surface area contributed by atoms with Crippen molar-refractivity contribution < 1.29 is 4.42 Å². The standard InChI is InChI=1S/C48H29NOS/c1-2-12-34-29-35(20-19-30(34)9-1)31-21-24-36(25-22-31)49(41-17-7-13-32-10-3-5-14-37(32)41)42-18-8-16-40-46-44(51-48(40)42)28-26-39-45-38-15-6-4-11-33(38)23-27-43(45)50-47(39)46/h1-29H. The molecule has 0 N–H and O–H groups in total. The molecule has 11 rings (SSSR count). The van der Waals surface area contributed by atoms with Crippen molar-refractivity contribution in [1.29, 1.82) is 0 Å². The van der Waals surface area contributed by atoms with Gasteiger partial charge in [-0.15, -0.1) is 11.3 Å². The van der Waals surface area contributed by atoms with Crippen LogP contribution in [0, 0.1) is 0 Å². The molecule has 51 heavy (non-hydrogen) atoms. The third-order valence-corrected chi connectivity index (χ3v) is 11.6. The highest BCUT2D eigenvalue weighted by Crippen LogP contribution is 2.49. The third-order valence-electron chi connectivity index (χ3n) is 10.4. The highest BCUT2D eigenvalue weighted by molar-refractivity contribution is 7.26. The normalized spacial score (nSPS) is 11.9. The highest BCUT2D eigenvalue weighted by Gasteiger charge is 2.22. The van der Waals surface area contributed by atoms with Crippen LogP contribution in [0.1, 0.15) is 0 Å². The van der Waals surface area contributed by atoms with Gasteiger partial charge in [0.05, 0.1) is 16.1 Å². The van der Waals surface area contributed by atoms with Crippen molar-refractivity contribution in [3.8, 4) is 11.1 Å². The first-order valence-electron chi connectivity index (χ1n) is 17.3. The molecule has 0 radical (unpaired) electrons. The molecule has 0 amide bonds. The quantitative estimate of drug-likeness (QED) is 0.186. The molecule has 11 aromatic rings. The van der Waals surface area contributed by atoms with E-state index in [1.165, 1.54) is 69.0 Å². The maximum absolute atomic E-state index is 6.74. The molecule has 3 heteroatoms. The molecular weight excluding hydrogens is 639 g/mol. The van der Waals surface area contributed by atoms with Crippen LogP contribution in [-0.2, 0) is 0 Å². The van der Waals surface area contributed by atoms with Crippen molar-refractivity contribution in [1.82, 2.24) is 0 Å².